The number of pyridine rings is 1. The fourth-order valence-electron chi connectivity index (χ4n) is 2.20. The van der Waals surface area contributed by atoms with Gasteiger partial charge in [-0.05, 0) is 0 Å². The van der Waals surface area contributed by atoms with Crippen molar-refractivity contribution in [3.63, 3.8) is 0 Å². The molecule has 1 aliphatic rings. The molecule has 128 valence electrons. The number of aromatic nitrogens is 1. The third-order valence-corrected chi connectivity index (χ3v) is 4.84. The number of thioether (sulfide) groups is 1. The summed E-state index contributed by atoms with van der Waals surface area (Å²) in [6, 6.07) is 0.742. The molecule has 1 aromatic rings. The Kier molecular flexibility index (Phi) is 5.66. The van der Waals surface area contributed by atoms with E-state index in [1.165, 1.54) is 0 Å². The molecule has 0 radical (unpaired) electrons. The maximum atomic E-state index is 13.4. The van der Waals surface area contributed by atoms with E-state index in [0.717, 1.165) is 16.8 Å². The molecule has 23 heavy (non-hydrogen) atoms. The lowest BCUT2D eigenvalue weighted by Gasteiger charge is -2.12. The van der Waals surface area contributed by atoms with Crippen LogP contribution < -0.4 is 10.9 Å². The van der Waals surface area contributed by atoms with Crippen LogP contribution in [-0.2, 0) is 11.3 Å². The van der Waals surface area contributed by atoms with Crippen molar-refractivity contribution < 1.29 is 26.7 Å². The molecule has 4 nitrogen and oxygen atoms in total. The summed E-state index contributed by atoms with van der Waals surface area (Å²) in [5, 5.41) is -0.391. The second-order valence-electron chi connectivity index (χ2n) is 4.93. The number of hydrogen-bond acceptors (Lipinski definition) is 3. The lowest BCUT2D eigenvalue weighted by molar-refractivity contribution is -0.115. The summed E-state index contributed by atoms with van der Waals surface area (Å²) in [6.45, 7) is -1.30. The van der Waals surface area contributed by atoms with Crippen LogP contribution in [-0.4, -0.2) is 40.2 Å². The maximum absolute atomic E-state index is 13.4. The largest absolute Gasteiger partial charge is 0.324 e. The van der Waals surface area contributed by atoms with Gasteiger partial charge in [0.05, 0.1) is 22.7 Å². The number of aryl methyl sites for hydroxylation is 1. The zero-order valence-electron chi connectivity index (χ0n) is 11.6. The predicted octanol–water partition coefficient (Wildman–Crippen LogP) is 2.37. The minimum absolute atomic E-state index is 0.128. The summed E-state index contributed by atoms with van der Waals surface area (Å²) in [7, 11) is 0. The zero-order valence-corrected chi connectivity index (χ0v) is 12.5. The molecular formula is C13H13F5N2O2S. The fourth-order valence-corrected chi connectivity index (χ4v) is 3.46. The van der Waals surface area contributed by atoms with Gasteiger partial charge in [0.2, 0.25) is 5.91 Å². The number of nitrogens with zero attached hydrogens (tertiary/aromatic N) is 1. The lowest BCUT2D eigenvalue weighted by atomic mass is 10.1. The van der Waals surface area contributed by atoms with Crippen molar-refractivity contribution in [3.8, 4) is 0 Å². The summed E-state index contributed by atoms with van der Waals surface area (Å²) in [6.07, 6.45) is -4.04. The van der Waals surface area contributed by atoms with Gasteiger partial charge in [-0.1, -0.05) is 0 Å². The topological polar surface area (TPSA) is 51.1 Å². The van der Waals surface area contributed by atoms with Crippen LogP contribution in [0.1, 0.15) is 6.42 Å². The van der Waals surface area contributed by atoms with E-state index in [9.17, 15) is 31.5 Å². The monoisotopic (exact) mass is 356 g/mol. The van der Waals surface area contributed by atoms with E-state index in [-0.39, 0.29) is 12.1 Å². The van der Waals surface area contributed by atoms with Crippen molar-refractivity contribution in [2.45, 2.75) is 36.1 Å². The Bertz CT molecular complexity index is 639. The molecule has 1 aromatic heterocycles. The van der Waals surface area contributed by atoms with E-state index in [0.29, 0.717) is 11.8 Å². The third kappa shape index (κ3) is 4.04. The molecule has 0 saturated carbocycles. The minimum atomic E-state index is -2.89. The molecule has 0 aromatic carbocycles. The van der Waals surface area contributed by atoms with Crippen LogP contribution >= 0.6 is 11.8 Å². The number of alkyl halides is 4. The van der Waals surface area contributed by atoms with Gasteiger partial charge in [0.1, 0.15) is 12.8 Å². The zero-order chi connectivity index (χ0) is 17.1. The molecule has 1 saturated heterocycles. The first-order chi connectivity index (χ1) is 10.8. The highest BCUT2D eigenvalue weighted by atomic mass is 32.2. The minimum Gasteiger partial charge on any atom is -0.324 e. The number of anilines is 1. The molecule has 3 unspecified atom stereocenters. The Hall–Kier alpha value is -1.58. The molecule has 3 atom stereocenters. The second kappa shape index (κ2) is 7.33. The highest BCUT2D eigenvalue weighted by molar-refractivity contribution is 8.01. The molecule has 2 rings (SSSR count). The first kappa shape index (κ1) is 17.8. The number of nitrogens with one attached hydrogen (secondary N) is 1. The SMILES string of the molecule is O=C(Nc1cc(F)c(=O)n(CCF)c1)C1CC(F)C(C(F)F)S1. The summed E-state index contributed by atoms with van der Waals surface area (Å²) in [4.78, 5) is 23.4. The molecule has 1 N–H and O–H groups in total. The molecule has 10 heteroatoms. The van der Waals surface area contributed by atoms with Gasteiger partial charge in [0, 0.05) is 18.7 Å². The Labute approximate surface area is 132 Å². The number of carbonyl (C=O) groups excluding carboxylic acids is 1. The van der Waals surface area contributed by atoms with Gasteiger partial charge in [0.25, 0.3) is 12.0 Å². The maximum Gasteiger partial charge on any atom is 0.286 e. The van der Waals surface area contributed by atoms with Crippen LogP contribution in [0.5, 0.6) is 0 Å². The normalized spacial score (nSPS) is 24.2. The van der Waals surface area contributed by atoms with Crippen LogP contribution in [0, 0.1) is 5.82 Å². The lowest BCUT2D eigenvalue weighted by Crippen LogP contribution is -2.27. The van der Waals surface area contributed by atoms with E-state index < -0.39 is 53.6 Å². The average molecular weight is 356 g/mol. The highest BCUT2D eigenvalue weighted by Crippen LogP contribution is 2.39. The first-order valence-corrected chi connectivity index (χ1v) is 7.62. The van der Waals surface area contributed by atoms with Gasteiger partial charge in [-0.25, -0.2) is 22.0 Å². The molecular weight excluding hydrogens is 343 g/mol. The number of carbonyl (C=O) groups is 1. The van der Waals surface area contributed by atoms with Crippen molar-refractivity contribution >= 4 is 23.4 Å². The van der Waals surface area contributed by atoms with Gasteiger partial charge in [-0.2, -0.15) is 0 Å². The summed E-state index contributed by atoms with van der Waals surface area (Å²) in [5.41, 5.74) is -1.17. The van der Waals surface area contributed by atoms with Gasteiger partial charge < -0.3 is 9.88 Å². The van der Waals surface area contributed by atoms with E-state index in [2.05, 4.69) is 5.32 Å². The standard InChI is InChI=1S/C13H13F5N2O2S/c14-1-2-20-5-6(3-8(16)13(20)22)19-12(21)9-4-7(15)10(23-9)11(17)18/h3,5,7,9-11H,1-2,4H2,(H,19,21). The molecule has 0 bridgehead atoms. The Morgan fingerprint density at radius 2 is 2.17 bits per heavy atom. The Morgan fingerprint density at radius 1 is 1.48 bits per heavy atom. The molecule has 0 spiro atoms. The molecule has 1 aliphatic heterocycles. The van der Waals surface area contributed by atoms with Crippen LogP contribution in [0.4, 0.5) is 27.6 Å². The van der Waals surface area contributed by atoms with Gasteiger partial charge in [0.15, 0.2) is 5.82 Å². The van der Waals surface area contributed by atoms with E-state index in [1.54, 1.807) is 0 Å². The molecule has 1 amide bonds. The van der Waals surface area contributed by atoms with E-state index >= 15 is 0 Å². The van der Waals surface area contributed by atoms with Crippen molar-refractivity contribution in [3.05, 3.63) is 28.4 Å². The fraction of sp³-hybridized carbons (Fsp3) is 0.538. The molecule has 0 aliphatic carbocycles. The number of halogens is 5. The third-order valence-electron chi connectivity index (χ3n) is 3.29. The van der Waals surface area contributed by atoms with Gasteiger partial charge in [-0.15, -0.1) is 11.8 Å². The Morgan fingerprint density at radius 3 is 2.74 bits per heavy atom. The molecule has 2 heterocycles. The number of rotatable bonds is 5. The van der Waals surface area contributed by atoms with Crippen molar-refractivity contribution in [1.29, 1.82) is 0 Å². The van der Waals surface area contributed by atoms with Crippen LogP contribution in [0.15, 0.2) is 17.1 Å². The van der Waals surface area contributed by atoms with E-state index in [4.69, 9.17) is 0 Å². The van der Waals surface area contributed by atoms with Crippen molar-refractivity contribution in [1.82, 2.24) is 4.57 Å². The van der Waals surface area contributed by atoms with Crippen LogP contribution in [0.25, 0.3) is 0 Å². The predicted molar refractivity (Wildman–Crippen MR) is 75.9 cm³/mol. The summed E-state index contributed by atoms with van der Waals surface area (Å²) < 4.78 is 65.1. The van der Waals surface area contributed by atoms with Crippen molar-refractivity contribution in [2.24, 2.45) is 0 Å². The average Bonchev–Trinajstić information content (AvgIpc) is 2.87. The Balaban J connectivity index is 2.10. The summed E-state index contributed by atoms with van der Waals surface area (Å²) >= 11 is 0.517. The van der Waals surface area contributed by atoms with Gasteiger partial charge in [-0.3, -0.25) is 9.59 Å². The smallest absolute Gasteiger partial charge is 0.286 e. The highest BCUT2D eigenvalue weighted by Gasteiger charge is 2.43. The molecule has 1 fully saturated rings. The second-order valence-corrected chi connectivity index (χ2v) is 6.31. The van der Waals surface area contributed by atoms with Crippen LogP contribution in [0.2, 0.25) is 0 Å². The van der Waals surface area contributed by atoms with Gasteiger partial charge >= 0.3 is 0 Å². The van der Waals surface area contributed by atoms with Crippen molar-refractivity contribution in [2.75, 3.05) is 12.0 Å². The summed E-state index contributed by atoms with van der Waals surface area (Å²) in [5.74, 6) is -1.96. The van der Waals surface area contributed by atoms with Crippen LogP contribution in [0.3, 0.4) is 0 Å². The van der Waals surface area contributed by atoms with E-state index in [1.807, 2.05) is 0 Å². The number of amides is 1. The quantitative estimate of drug-likeness (QED) is 0.825. The number of hydrogen-bond donors (Lipinski definition) is 1. The first-order valence-electron chi connectivity index (χ1n) is 6.68.